The summed E-state index contributed by atoms with van der Waals surface area (Å²) in [5, 5.41) is 3.25. The zero-order valence-corrected chi connectivity index (χ0v) is 11.2. The Kier molecular flexibility index (Phi) is 3.73. The Morgan fingerprint density at radius 1 is 1.00 bits per heavy atom. The predicted molar refractivity (Wildman–Crippen MR) is 68.8 cm³/mol. The Labute approximate surface area is 116 Å². The minimum Gasteiger partial charge on any atom is -0.364 e. The summed E-state index contributed by atoms with van der Waals surface area (Å²) >= 11 is 0. The second-order valence-corrected chi connectivity index (χ2v) is 5.77. The number of hydrogen-bond donors (Lipinski definition) is 1. The van der Waals surface area contributed by atoms with Crippen LogP contribution < -0.4 is 5.32 Å². The quantitative estimate of drug-likeness (QED) is 0.798. The lowest BCUT2D eigenvalue weighted by atomic mass is 9.83. The van der Waals surface area contributed by atoms with Gasteiger partial charge in [-0.05, 0) is 18.9 Å². The van der Waals surface area contributed by atoms with Gasteiger partial charge in [0.25, 0.3) is 0 Å². The number of ether oxygens (including phenoxy) is 1. The molecular formula is C15H18F3NO. The summed E-state index contributed by atoms with van der Waals surface area (Å²) in [4.78, 5) is 0. The monoisotopic (exact) mass is 285 g/mol. The molecule has 1 heterocycles. The Balaban J connectivity index is 1.85. The minimum absolute atomic E-state index is 0.0982. The topological polar surface area (TPSA) is 21.3 Å². The number of rotatable bonds is 1. The van der Waals surface area contributed by atoms with Crippen molar-refractivity contribution in [2.75, 3.05) is 13.1 Å². The molecule has 2 nitrogen and oxygen atoms in total. The van der Waals surface area contributed by atoms with E-state index >= 15 is 0 Å². The molecule has 110 valence electrons. The summed E-state index contributed by atoms with van der Waals surface area (Å²) in [7, 11) is 0. The number of hydrogen-bond acceptors (Lipinski definition) is 2. The molecule has 1 atom stereocenters. The average Bonchev–Trinajstić information content (AvgIpc) is 2.44. The Morgan fingerprint density at radius 2 is 1.70 bits per heavy atom. The Bertz CT molecular complexity index is 495. The van der Waals surface area contributed by atoms with Crippen LogP contribution in [0.2, 0.25) is 0 Å². The highest BCUT2D eigenvalue weighted by atomic mass is 19.2. The van der Waals surface area contributed by atoms with Gasteiger partial charge >= 0.3 is 0 Å². The molecule has 1 saturated heterocycles. The van der Waals surface area contributed by atoms with Gasteiger partial charge in [0.15, 0.2) is 11.6 Å². The van der Waals surface area contributed by atoms with Gasteiger partial charge in [0.2, 0.25) is 0 Å². The lowest BCUT2D eigenvalue weighted by molar-refractivity contribution is -0.136. The van der Waals surface area contributed by atoms with Gasteiger partial charge in [0, 0.05) is 24.7 Å². The van der Waals surface area contributed by atoms with E-state index in [1.165, 1.54) is 6.42 Å². The van der Waals surface area contributed by atoms with Crippen molar-refractivity contribution in [1.82, 2.24) is 5.32 Å². The Morgan fingerprint density at radius 3 is 2.45 bits per heavy atom. The fraction of sp³-hybridized carbons (Fsp3) is 0.600. The lowest BCUT2D eigenvalue weighted by Gasteiger charge is -2.44. The molecule has 20 heavy (non-hydrogen) atoms. The van der Waals surface area contributed by atoms with Crippen LogP contribution in [0.1, 0.15) is 43.8 Å². The lowest BCUT2D eigenvalue weighted by Crippen LogP contribution is -2.52. The maximum Gasteiger partial charge on any atom is 0.161 e. The zero-order valence-electron chi connectivity index (χ0n) is 11.2. The molecule has 0 aromatic heterocycles. The van der Waals surface area contributed by atoms with Gasteiger partial charge in [0.1, 0.15) is 5.82 Å². The van der Waals surface area contributed by atoms with Crippen molar-refractivity contribution < 1.29 is 17.9 Å². The largest absolute Gasteiger partial charge is 0.364 e. The van der Waals surface area contributed by atoms with Gasteiger partial charge in [-0.25, -0.2) is 13.2 Å². The molecule has 5 heteroatoms. The van der Waals surface area contributed by atoms with E-state index in [2.05, 4.69) is 5.32 Å². The first-order chi connectivity index (χ1) is 9.60. The predicted octanol–water partition coefficient (Wildman–Crippen LogP) is 3.47. The van der Waals surface area contributed by atoms with Crippen LogP contribution in [0, 0.1) is 17.5 Å². The molecule has 0 radical (unpaired) electrons. The van der Waals surface area contributed by atoms with Crippen LogP contribution in [0.5, 0.6) is 0 Å². The van der Waals surface area contributed by atoms with Gasteiger partial charge in [0.05, 0.1) is 11.7 Å². The molecule has 1 saturated carbocycles. The van der Waals surface area contributed by atoms with E-state index in [-0.39, 0.29) is 11.2 Å². The van der Waals surface area contributed by atoms with Crippen LogP contribution in [0.3, 0.4) is 0 Å². The molecule has 0 amide bonds. The van der Waals surface area contributed by atoms with Crippen molar-refractivity contribution in [2.24, 2.45) is 0 Å². The van der Waals surface area contributed by atoms with Gasteiger partial charge in [-0.3, -0.25) is 0 Å². The second-order valence-electron chi connectivity index (χ2n) is 5.77. The Hall–Kier alpha value is -1.07. The van der Waals surface area contributed by atoms with Crippen molar-refractivity contribution in [3.05, 3.63) is 35.1 Å². The van der Waals surface area contributed by atoms with Crippen molar-refractivity contribution in [2.45, 2.75) is 43.8 Å². The SMILES string of the molecule is Fc1cc(F)c(C2CNCC3(CCCCC3)O2)cc1F. The molecule has 1 aromatic carbocycles. The smallest absolute Gasteiger partial charge is 0.161 e. The zero-order chi connectivity index (χ0) is 14.2. The highest BCUT2D eigenvalue weighted by molar-refractivity contribution is 5.23. The molecule has 1 unspecified atom stereocenters. The summed E-state index contributed by atoms with van der Waals surface area (Å²) in [6.07, 6.45) is 4.68. The van der Waals surface area contributed by atoms with Crippen molar-refractivity contribution >= 4 is 0 Å². The van der Waals surface area contributed by atoms with Gasteiger partial charge in [-0.15, -0.1) is 0 Å². The molecule has 1 aliphatic carbocycles. The van der Waals surface area contributed by atoms with Crippen LogP contribution >= 0.6 is 0 Å². The molecule has 1 N–H and O–H groups in total. The van der Waals surface area contributed by atoms with E-state index in [4.69, 9.17) is 4.74 Å². The molecule has 0 bridgehead atoms. The van der Waals surface area contributed by atoms with Crippen molar-refractivity contribution in [3.63, 3.8) is 0 Å². The first-order valence-electron chi connectivity index (χ1n) is 7.13. The van der Waals surface area contributed by atoms with Crippen LogP contribution in [0.4, 0.5) is 13.2 Å². The standard InChI is InChI=1S/C15H18F3NO/c16-11-7-13(18)12(17)6-10(11)14-8-19-9-15(20-14)4-2-1-3-5-15/h6-7,14,19H,1-5,8-9H2. The van der Waals surface area contributed by atoms with E-state index in [9.17, 15) is 13.2 Å². The van der Waals surface area contributed by atoms with Crippen molar-refractivity contribution in [1.29, 1.82) is 0 Å². The molecule has 1 aromatic rings. The van der Waals surface area contributed by atoms with E-state index in [0.29, 0.717) is 12.6 Å². The number of nitrogens with one attached hydrogen (secondary N) is 1. The van der Waals surface area contributed by atoms with Crippen LogP contribution in [0.15, 0.2) is 12.1 Å². The summed E-state index contributed by atoms with van der Waals surface area (Å²) in [6, 6.07) is 1.51. The summed E-state index contributed by atoms with van der Waals surface area (Å²) < 4.78 is 46.3. The van der Waals surface area contributed by atoms with Crippen LogP contribution in [-0.4, -0.2) is 18.7 Å². The second kappa shape index (κ2) is 5.37. The number of morpholine rings is 1. The fourth-order valence-electron chi connectivity index (χ4n) is 3.27. The third-order valence-corrected chi connectivity index (χ3v) is 4.32. The van der Waals surface area contributed by atoms with E-state index < -0.39 is 23.6 Å². The molecule has 1 spiro atoms. The molecule has 2 aliphatic rings. The third-order valence-electron chi connectivity index (χ3n) is 4.32. The van der Waals surface area contributed by atoms with Gasteiger partial charge < -0.3 is 10.1 Å². The summed E-state index contributed by atoms with van der Waals surface area (Å²) in [5.74, 6) is -2.95. The van der Waals surface area contributed by atoms with E-state index in [1.54, 1.807) is 0 Å². The molecule has 2 fully saturated rings. The van der Waals surface area contributed by atoms with Crippen molar-refractivity contribution in [3.8, 4) is 0 Å². The molecule has 1 aliphatic heterocycles. The minimum atomic E-state index is -1.16. The summed E-state index contributed by atoms with van der Waals surface area (Å²) in [6.45, 7) is 1.17. The third kappa shape index (κ3) is 2.56. The van der Waals surface area contributed by atoms with E-state index in [1.807, 2.05) is 0 Å². The van der Waals surface area contributed by atoms with Crippen LogP contribution in [0.25, 0.3) is 0 Å². The van der Waals surface area contributed by atoms with Crippen LogP contribution in [-0.2, 0) is 4.74 Å². The maximum absolute atomic E-state index is 13.9. The molecule has 3 rings (SSSR count). The first kappa shape index (κ1) is 13.9. The highest BCUT2D eigenvalue weighted by Gasteiger charge is 2.39. The van der Waals surface area contributed by atoms with E-state index in [0.717, 1.165) is 38.3 Å². The normalized spacial score (nSPS) is 25.9. The summed E-state index contributed by atoms with van der Waals surface area (Å²) in [5.41, 5.74) is -0.181. The fourth-order valence-corrected chi connectivity index (χ4v) is 3.27. The first-order valence-corrected chi connectivity index (χ1v) is 7.13. The number of benzene rings is 1. The van der Waals surface area contributed by atoms with Gasteiger partial charge in [-0.2, -0.15) is 0 Å². The highest BCUT2D eigenvalue weighted by Crippen LogP contribution is 2.38. The molecular weight excluding hydrogens is 267 g/mol. The maximum atomic E-state index is 13.9. The number of halogens is 3. The average molecular weight is 285 g/mol. The van der Waals surface area contributed by atoms with Gasteiger partial charge in [-0.1, -0.05) is 19.3 Å².